The van der Waals surface area contributed by atoms with E-state index in [9.17, 15) is 4.79 Å². The van der Waals surface area contributed by atoms with E-state index in [2.05, 4.69) is 42.4 Å². The third-order valence-electron chi connectivity index (χ3n) is 5.21. The van der Waals surface area contributed by atoms with E-state index in [1.165, 1.54) is 0 Å². The van der Waals surface area contributed by atoms with Gasteiger partial charge in [0.1, 0.15) is 10.1 Å². The van der Waals surface area contributed by atoms with Gasteiger partial charge < -0.3 is 19.7 Å². The summed E-state index contributed by atoms with van der Waals surface area (Å²) < 4.78 is 10.9. The average Bonchev–Trinajstić information content (AvgIpc) is 3.04. The van der Waals surface area contributed by atoms with Crippen molar-refractivity contribution in [3.63, 3.8) is 0 Å². The number of rotatable bonds is 2. The number of aromatic amines is 1. The maximum atomic E-state index is 12.4. The summed E-state index contributed by atoms with van der Waals surface area (Å²) in [5.74, 6) is 0.981. The van der Waals surface area contributed by atoms with Crippen molar-refractivity contribution >= 4 is 27.8 Å². The van der Waals surface area contributed by atoms with Crippen LogP contribution in [0.2, 0.25) is 0 Å². The number of hydrogen-bond acceptors (Lipinski definition) is 5. The predicted octanol–water partition coefficient (Wildman–Crippen LogP) is 3.34. The number of carbonyl (C=O) groups is 1. The number of piperidine rings is 1. The first-order chi connectivity index (χ1) is 12.0. The van der Waals surface area contributed by atoms with Crippen molar-refractivity contribution in [2.45, 2.75) is 63.6 Å². The Labute approximate surface area is 163 Å². The summed E-state index contributed by atoms with van der Waals surface area (Å²) in [6.07, 6.45) is 1.43. The second-order valence-corrected chi connectivity index (χ2v) is 10.2. The standard InChI is InChI=1S/C18H29BrN4O3/c1-12-10-13(22-21-12)23-8-6-18(7-9-23)11-25-17(5,19)14(18)20-15(24)26-16(2,3)4/h10,14H,6-9,11H2,1-5H3,(H,20,24)(H,21,22)/t14-,17-/m1/s1. The zero-order valence-electron chi connectivity index (χ0n) is 16.2. The molecule has 1 spiro atoms. The molecule has 3 rings (SSSR count). The van der Waals surface area contributed by atoms with Gasteiger partial charge in [0.25, 0.3) is 0 Å². The molecule has 0 unspecified atom stereocenters. The molecule has 1 aromatic heterocycles. The van der Waals surface area contributed by atoms with Crippen molar-refractivity contribution < 1.29 is 14.3 Å². The van der Waals surface area contributed by atoms with Gasteiger partial charge in [0.05, 0.1) is 12.6 Å². The second-order valence-electron chi connectivity index (χ2n) is 8.61. The molecule has 146 valence electrons. The van der Waals surface area contributed by atoms with E-state index < -0.39 is 16.2 Å². The lowest BCUT2D eigenvalue weighted by atomic mass is 9.73. The quantitative estimate of drug-likeness (QED) is 0.705. The molecule has 26 heavy (non-hydrogen) atoms. The summed E-state index contributed by atoms with van der Waals surface area (Å²) in [7, 11) is 0. The van der Waals surface area contributed by atoms with Crippen molar-refractivity contribution in [2.24, 2.45) is 5.41 Å². The number of aromatic nitrogens is 2. The van der Waals surface area contributed by atoms with Gasteiger partial charge in [0.2, 0.25) is 0 Å². The highest BCUT2D eigenvalue weighted by molar-refractivity contribution is 9.10. The highest BCUT2D eigenvalue weighted by Gasteiger charge is 2.56. The number of alkyl carbamates (subject to hydrolysis) is 1. The number of anilines is 1. The van der Waals surface area contributed by atoms with Gasteiger partial charge in [-0.3, -0.25) is 5.10 Å². The Hall–Kier alpha value is -1.28. The first kappa shape index (κ1) is 19.5. The largest absolute Gasteiger partial charge is 0.444 e. The number of hydrogen-bond donors (Lipinski definition) is 2. The van der Waals surface area contributed by atoms with E-state index in [0.29, 0.717) is 6.61 Å². The van der Waals surface area contributed by atoms with Gasteiger partial charge >= 0.3 is 6.09 Å². The number of aryl methyl sites for hydroxylation is 1. The number of halogens is 1. The molecule has 7 nitrogen and oxygen atoms in total. The zero-order chi connectivity index (χ0) is 19.2. The molecule has 2 saturated heterocycles. The Bertz CT molecular complexity index is 660. The van der Waals surface area contributed by atoms with Crippen LogP contribution >= 0.6 is 15.9 Å². The monoisotopic (exact) mass is 428 g/mol. The van der Waals surface area contributed by atoms with Crippen LogP contribution in [0, 0.1) is 12.3 Å². The number of H-pyrrole nitrogens is 1. The maximum absolute atomic E-state index is 12.4. The van der Waals surface area contributed by atoms with Crippen molar-refractivity contribution in [3.8, 4) is 0 Å². The zero-order valence-corrected chi connectivity index (χ0v) is 17.8. The number of carbonyl (C=O) groups excluding carboxylic acids is 1. The molecule has 2 fully saturated rings. The second kappa shape index (κ2) is 6.71. The molecular weight excluding hydrogens is 400 g/mol. The highest BCUT2D eigenvalue weighted by atomic mass is 79.9. The third-order valence-corrected chi connectivity index (χ3v) is 5.89. The van der Waals surface area contributed by atoms with E-state index in [1.54, 1.807) is 0 Å². The van der Waals surface area contributed by atoms with Crippen LogP contribution in [-0.4, -0.2) is 52.1 Å². The van der Waals surface area contributed by atoms with Gasteiger partial charge in [-0.05, 0) is 47.5 Å². The summed E-state index contributed by atoms with van der Waals surface area (Å²) in [6, 6.07) is 1.90. The minimum atomic E-state index is -0.602. The van der Waals surface area contributed by atoms with Crippen LogP contribution in [-0.2, 0) is 9.47 Å². The van der Waals surface area contributed by atoms with Gasteiger partial charge in [-0.2, -0.15) is 5.10 Å². The SMILES string of the molecule is Cc1cc(N2CCC3(CC2)CO[C@@](C)(Br)[C@H]3NC(=O)OC(C)(C)C)n[nH]1. The Balaban J connectivity index is 1.70. The normalized spacial score (nSPS) is 28.4. The van der Waals surface area contributed by atoms with Gasteiger partial charge in [-0.15, -0.1) is 0 Å². The van der Waals surface area contributed by atoms with Crippen LogP contribution in [0.25, 0.3) is 0 Å². The van der Waals surface area contributed by atoms with Crippen LogP contribution < -0.4 is 10.2 Å². The maximum Gasteiger partial charge on any atom is 0.408 e. The Morgan fingerprint density at radius 3 is 2.65 bits per heavy atom. The van der Waals surface area contributed by atoms with E-state index in [4.69, 9.17) is 9.47 Å². The lowest BCUT2D eigenvalue weighted by molar-refractivity contribution is 0.0414. The van der Waals surface area contributed by atoms with Gasteiger partial charge in [-0.25, -0.2) is 4.79 Å². The summed E-state index contributed by atoms with van der Waals surface area (Å²) in [4.78, 5) is 14.7. The minimum Gasteiger partial charge on any atom is -0.444 e. The molecule has 0 bridgehead atoms. The molecule has 0 saturated carbocycles. The Kier molecular flexibility index (Phi) is 5.03. The molecule has 2 N–H and O–H groups in total. The number of nitrogens with one attached hydrogen (secondary N) is 2. The molecule has 1 aromatic rings. The highest BCUT2D eigenvalue weighted by Crippen LogP contribution is 2.49. The van der Waals surface area contributed by atoms with Crippen molar-refractivity contribution in [3.05, 3.63) is 11.8 Å². The van der Waals surface area contributed by atoms with E-state index in [-0.39, 0.29) is 11.5 Å². The van der Waals surface area contributed by atoms with Crippen molar-refractivity contribution in [1.29, 1.82) is 0 Å². The molecule has 8 heteroatoms. The van der Waals surface area contributed by atoms with Gasteiger partial charge in [0, 0.05) is 30.3 Å². The Morgan fingerprint density at radius 2 is 2.12 bits per heavy atom. The smallest absolute Gasteiger partial charge is 0.408 e. The molecule has 2 aliphatic rings. The van der Waals surface area contributed by atoms with Crippen LogP contribution in [0.5, 0.6) is 0 Å². The third kappa shape index (κ3) is 4.01. The molecule has 0 aliphatic carbocycles. The Morgan fingerprint density at radius 1 is 1.46 bits per heavy atom. The van der Waals surface area contributed by atoms with Gasteiger partial charge in [0.15, 0.2) is 5.82 Å². The topological polar surface area (TPSA) is 79.5 Å². The first-order valence-electron chi connectivity index (χ1n) is 9.10. The summed E-state index contributed by atoms with van der Waals surface area (Å²) >= 11 is 3.67. The number of amides is 1. The first-order valence-corrected chi connectivity index (χ1v) is 9.89. The van der Waals surface area contributed by atoms with Crippen molar-refractivity contribution in [1.82, 2.24) is 15.5 Å². The van der Waals surface area contributed by atoms with Crippen molar-refractivity contribution in [2.75, 3.05) is 24.6 Å². The lowest BCUT2D eigenvalue weighted by Crippen LogP contribution is -2.57. The molecule has 3 heterocycles. The fourth-order valence-electron chi connectivity index (χ4n) is 3.89. The van der Waals surface area contributed by atoms with Crippen LogP contribution in [0.3, 0.4) is 0 Å². The molecule has 2 aliphatic heterocycles. The van der Waals surface area contributed by atoms with Gasteiger partial charge in [-0.1, -0.05) is 15.9 Å². The fraction of sp³-hybridized carbons (Fsp3) is 0.778. The minimum absolute atomic E-state index is 0.114. The molecule has 2 atom stereocenters. The summed E-state index contributed by atoms with van der Waals surface area (Å²) in [5.41, 5.74) is 0.416. The average molecular weight is 429 g/mol. The summed E-state index contributed by atoms with van der Waals surface area (Å²) in [5, 5.41) is 10.4. The van der Waals surface area contributed by atoms with E-state index in [1.807, 2.05) is 34.6 Å². The number of ether oxygens (including phenoxy) is 2. The molecule has 1 amide bonds. The van der Waals surface area contributed by atoms with E-state index >= 15 is 0 Å². The predicted molar refractivity (Wildman–Crippen MR) is 104 cm³/mol. The van der Waals surface area contributed by atoms with Crippen LogP contribution in [0.4, 0.5) is 10.6 Å². The summed E-state index contributed by atoms with van der Waals surface area (Å²) in [6.45, 7) is 11.9. The molecular formula is C18H29BrN4O3. The number of alkyl halides is 1. The van der Waals surface area contributed by atoms with E-state index in [0.717, 1.165) is 37.4 Å². The van der Waals surface area contributed by atoms with Crippen LogP contribution in [0.1, 0.15) is 46.2 Å². The van der Waals surface area contributed by atoms with Crippen LogP contribution in [0.15, 0.2) is 6.07 Å². The fourth-order valence-corrected chi connectivity index (χ4v) is 4.60. The number of nitrogens with zero attached hydrogens (tertiary/aromatic N) is 2. The molecule has 0 aromatic carbocycles. The molecule has 0 radical (unpaired) electrons. The lowest BCUT2D eigenvalue weighted by Gasteiger charge is -2.43.